The van der Waals surface area contributed by atoms with E-state index in [-0.39, 0.29) is 83.3 Å². The number of hydrogen-bond acceptors (Lipinski definition) is 15. The first-order chi connectivity index (χ1) is 29.6. The molecule has 5 aliphatic rings. The maximum absolute atomic E-state index is 14.5. The number of benzene rings is 3. The number of aliphatic hydroxyl groups excluding tert-OH is 3. The number of quaternary nitrogens is 1. The van der Waals surface area contributed by atoms with E-state index in [4.69, 9.17) is 34.8 Å². The normalized spacial score (nSPS) is 25.9. The minimum absolute atomic E-state index is 0.00824. The molecule has 1 unspecified atom stereocenters. The number of nitrogens with zero attached hydrogens (tertiary/aromatic N) is 3. The Bertz CT molecular complexity index is 2560. The van der Waals surface area contributed by atoms with E-state index in [9.17, 15) is 29.7 Å². The number of nitrogens with one attached hydrogen (secondary N) is 3. The summed E-state index contributed by atoms with van der Waals surface area (Å²) in [5, 5.41) is 43.5. The number of para-hydroxylation sites is 1. The average Bonchev–Trinajstić information content (AvgIpc) is 3.67. The highest BCUT2D eigenvalue weighted by atomic mass is 16.7. The largest absolute Gasteiger partial charge is 0.499 e. The van der Waals surface area contributed by atoms with Crippen LogP contribution in [0.4, 0.5) is 11.5 Å². The fourth-order valence-corrected chi connectivity index (χ4v) is 8.23. The summed E-state index contributed by atoms with van der Waals surface area (Å²) in [6, 6.07) is 18.6. The van der Waals surface area contributed by atoms with Crippen molar-refractivity contribution in [2.24, 2.45) is 9.98 Å². The molecule has 5 heterocycles. The Morgan fingerprint density at radius 3 is 2.54 bits per heavy atom. The molecule has 1 aromatic heterocycles. The summed E-state index contributed by atoms with van der Waals surface area (Å²) in [6.07, 6.45) is -2.00. The molecule has 1 aliphatic carbocycles. The van der Waals surface area contributed by atoms with Crippen molar-refractivity contribution in [1.29, 1.82) is 5.41 Å². The number of amidine groups is 1. The number of carbonyl (C=O) groups excluding carboxylic acids is 3. The molecule has 0 spiro atoms. The number of allylic oxidation sites excluding steroid dienone is 1. The third-order valence-electron chi connectivity index (χ3n) is 11.1. The number of hydrogen-bond donors (Lipinski definition) is 7. The monoisotopic (exact) mass is 830 g/mol. The number of guanidine groups is 1. The predicted molar refractivity (Wildman–Crippen MR) is 215 cm³/mol. The Labute approximate surface area is 347 Å². The molecule has 1 saturated heterocycles. The van der Waals surface area contributed by atoms with Crippen molar-refractivity contribution in [3.05, 3.63) is 124 Å². The number of fused-ring (bicyclic) bond motifs is 6. The fraction of sp³-hybridized carbons (Fsp3) is 0.279. The summed E-state index contributed by atoms with van der Waals surface area (Å²) in [5.41, 5.74) is 8.47. The Balaban J connectivity index is 1.22. The molecule has 4 aromatic rings. The Morgan fingerprint density at radius 1 is 0.951 bits per heavy atom. The van der Waals surface area contributed by atoms with Gasteiger partial charge in [-0.15, -0.1) is 0 Å². The van der Waals surface area contributed by atoms with Gasteiger partial charge in [-0.1, -0.05) is 42.5 Å². The van der Waals surface area contributed by atoms with Crippen LogP contribution >= 0.6 is 0 Å². The summed E-state index contributed by atoms with van der Waals surface area (Å²) >= 11 is 0. The Kier molecular flexibility index (Phi) is 10.7. The number of carbonyl (C=O) groups is 3. The number of nitrogen functional groups attached to an aromatic ring is 1. The van der Waals surface area contributed by atoms with E-state index in [0.717, 1.165) is 5.56 Å². The molecular formula is C43H40N7O11+. The van der Waals surface area contributed by atoms with E-state index in [1.165, 1.54) is 6.26 Å². The van der Waals surface area contributed by atoms with Gasteiger partial charge in [0.15, 0.2) is 29.7 Å². The van der Waals surface area contributed by atoms with Crippen LogP contribution in [0.25, 0.3) is 0 Å². The van der Waals surface area contributed by atoms with Crippen LogP contribution in [0.5, 0.6) is 11.5 Å². The van der Waals surface area contributed by atoms with Gasteiger partial charge in [0.05, 0.1) is 25.0 Å². The predicted octanol–water partition coefficient (Wildman–Crippen LogP) is 0.331. The zero-order chi connectivity index (χ0) is 42.4. The lowest BCUT2D eigenvalue weighted by atomic mass is 9.79. The van der Waals surface area contributed by atoms with Gasteiger partial charge in [-0.3, -0.25) is 25.1 Å². The maximum Gasteiger partial charge on any atom is 0.284 e. The Hall–Kier alpha value is -6.67. The minimum Gasteiger partial charge on any atom is -0.499 e. The first kappa shape index (κ1) is 39.8. The SMILES string of the molecule is N=C1N=C2C(=NC[NH+]2c2ccccc2[C@@H]2/C=C\OC[C@@H]3O[C@H](Oc4c2cc2c(c4OCCO)C(=O)c4ccccc4C2=O)[C@@H](OCCc2ccnc(N)c2)[C@H](O)[C@H]3O)C(=O)N1. The van der Waals surface area contributed by atoms with Crippen molar-refractivity contribution in [3.63, 3.8) is 0 Å². The number of nitrogens with two attached hydrogens (primary N) is 1. The zero-order valence-corrected chi connectivity index (χ0v) is 32.3. The first-order valence-corrected chi connectivity index (χ1v) is 19.5. The molecule has 3 aromatic carbocycles. The Morgan fingerprint density at radius 2 is 1.74 bits per heavy atom. The first-order valence-electron chi connectivity index (χ1n) is 19.5. The molecular weight excluding hydrogens is 791 g/mol. The zero-order valence-electron chi connectivity index (χ0n) is 32.3. The molecule has 7 atom stereocenters. The van der Waals surface area contributed by atoms with Gasteiger partial charge < -0.3 is 44.7 Å². The summed E-state index contributed by atoms with van der Waals surface area (Å²) in [4.78, 5) is 55.1. The van der Waals surface area contributed by atoms with Crippen molar-refractivity contribution in [1.82, 2.24) is 10.3 Å². The number of aliphatic imine (C=N–C) groups is 2. The standard InChI is InChI=1S/C43H39N7O11/c44-30-17-21(9-12-46-30)10-15-58-39-36(55)35(54)29-19-57-14-11-22(23-5-3-4-8-28(23)50-20-47-32-40(50)48-43(45)49-41(32)56)26-18-27-31(34(53)25-7-2-1-6-24(25)33(27)52)38(59-16-13-51)37(26)61-42(39)60-29/h1-9,11-12,14,17-18,22,29,35-36,39,42,51,54-55H,10,13,15-16,19-20H2,(H2,44,46)(H2,45,49,56)/p+1/b14-11-/t22-,29-,35-,36+,39-,42+/m0/s1. The second-order valence-corrected chi connectivity index (χ2v) is 14.8. The van der Waals surface area contributed by atoms with Gasteiger partial charge in [0.25, 0.3) is 11.7 Å². The van der Waals surface area contributed by atoms with Crippen LogP contribution in [0, 0.1) is 5.41 Å². The van der Waals surface area contributed by atoms with Gasteiger partial charge in [-0.25, -0.2) is 14.9 Å². The van der Waals surface area contributed by atoms with Crippen LogP contribution < -0.4 is 25.4 Å². The molecule has 61 heavy (non-hydrogen) atoms. The van der Waals surface area contributed by atoms with Gasteiger partial charge in [-0.05, 0) is 42.3 Å². The van der Waals surface area contributed by atoms with E-state index >= 15 is 0 Å². The summed E-state index contributed by atoms with van der Waals surface area (Å²) in [7, 11) is 0. The van der Waals surface area contributed by atoms with Gasteiger partial charge in [-0.2, -0.15) is 4.99 Å². The molecule has 4 aliphatic heterocycles. The van der Waals surface area contributed by atoms with Gasteiger partial charge in [0.1, 0.15) is 49.1 Å². The number of aliphatic hydroxyl groups is 3. The van der Waals surface area contributed by atoms with Crippen molar-refractivity contribution in [3.8, 4) is 11.5 Å². The van der Waals surface area contributed by atoms with E-state index < -0.39 is 60.7 Å². The maximum atomic E-state index is 14.5. The summed E-state index contributed by atoms with van der Waals surface area (Å²) < 4.78 is 31.6. The van der Waals surface area contributed by atoms with Crippen molar-refractivity contribution >= 4 is 46.5 Å². The number of amides is 1. The van der Waals surface area contributed by atoms with Crippen molar-refractivity contribution in [2.75, 3.05) is 38.8 Å². The molecule has 9 rings (SSSR count). The summed E-state index contributed by atoms with van der Waals surface area (Å²) in [6.45, 7) is -0.926. The molecule has 8 N–H and O–H groups in total. The van der Waals surface area contributed by atoms with Crippen LogP contribution in [-0.2, 0) is 25.4 Å². The van der Waals surface area contributed by atoms with E-state index in [2.05, 4.69) is 20.3 Å². The topological polar surface area (TPSA) is 262 Å². The number of ketones is 2. The number of pyridine rings is 1. The number of anilines is 1. The van der Waals surface area contributed by atoms with Crippen LogP contribution in [0.15, 0.2) is 95.2 Å². The highest BCUT2D eigenvalue weighted by Gasteiger charge is 2.49. The smallest absolute Gasteiger partial charge is 0.284 e. The summed E-state index contributed by atoms with van der Waals surface area (Å²) in [5.74, 6) is -2.45. The molecule has 18 heteroatoms. The van der Waals surface area contributed by atoms with E-state index in [1.807, 2.05) is 12.1 Å². The molecule has 0 saturated carbocycles. The van der Waals surface area contributed by atoms with Crippen LogP contribution in [0.1, 0.15) is 54.5 Å². The third-order valence-corrected chi connectivity index (χ3v) is 11.1. The lowest BCUT2D eigenvalue weighted by molar-refractivity contribution is -0.723. The van der Waals surface area contributed by atoms with Crippen molar-refractivity contribution < 1.29 is 58.3 Å². The van der Waals surface area contributed by atoms with E-state index in [1.54, 1.807) is 66.9 Å². The highest BCUT2D eigenvalue weighted by Crippen LogP contribution is 2.48. The molecule has 0 radical (unpaired) electrons. The number of ether oxygens (including phenoxy) is 5. The molecule has 312 valence electrons. The average molecular weight is 831 g/mol. The quantitative estimate of drug-likeness (QED) is 0.106. The van der Waals surface area contributed by atoms with E-state index in [0.29, 0.717) is 28.4 Å². The van der Waals surface area contributed by atoms with Crippen LogP contribution in [0.2, 0.25) is 0 Å². The second kappa shape index (κ2) is 16.4. The third kappa shape index (κ3) is 7.24. The molecule has 18 nitrogen and oxygen atoms in total. The highest BCUT2D eigenvalue weighted by molar-refractivity contribution is 6.68. The molecule has 1 fully saturated rings. The molecule has 1 amide bonds. The fourth-order valence-electron chi connectivity index (χ4n) is 8.23. The van der Waals surface area contributed by atoms with Gasteiger partial charge in [0, 0.05) is 39.9 Å². The van der Waals surface area contributed by atoms with Crippen molar-refractivity contribution in [2.45, 2.75) is 43.0 Å². The number of aromatic nitrogens is 1. The van der Waals surface area contributed by atoms with Gasteiger partial charge in [0.2, 0.25) is 18.0 Å². The molecule has 2 bridgehead atoms. The van der Waals surface area contributed by atoms with Crippen LogP contribution in [0.3, 0.4) is 0 Å². The second-order valence-electron chi connectivity index (χ2n) is 14.8. The van der Waals surface area contributed by atoms with Crippen LogP contribution in [-0.4, -0.2) is 119 Å². The lowest BCUT2D eigenvalue weighted by Gasteiger charge is -2.42. The lowest BCUT2D eigenvalue weighted by Crippen LogP contribution is -3.09. The van der Waals surface area contributed by atoms with Gasteiger partial charge >= 0.3 is 0 Å². The number of rotatable bonds is 9. The minimum atomic E-state index is -1.56.